The van der Waals surface area contributed by atoms with Crippen LogP contribution in [0, 0.1) is 0 Å². The van der Waals surface area contributed by atoms with Crippen molar-refractivity contribution < 1.29 is 9.47 Å². The Morgan fingerprint density at radius 1 is 0.944 bits per heavy atom. The van der Waals surface area contributed by atoms with Crippen molar-refractivity contribution in [1.29, 1.82) is 0 Å². The van der Waals surface area contributed by atoms with Crippen LogP contribution >= 0.6 is 0 Å². The average molecular weight is 251 g/mol. The largest absolute Gasteiger partial charge is 0.497 e. The molecule has 0 fully saturated rings. The van der Waals surface area contributed by atoms with E-state index in [4.69, 9.17) is 9.47 Å². The summed E-state index contributed by atoms with van der Waals surface area (Å²) in [7, 11) is 1.67. The zero-order valence-corrected chi connectivity index (χ0v) is 11.6. The summed E-state index contributed by atoms with van der Waals surface area (Å²) in [6.45, 7) is 5.15. The van der Waals surface area contributed by atoms with Crippen LogP contribution in [-0.4, -0.2) is 26.8 Å². The first-order chi connectivity index (χ1) is 8.86. The molecular formula is C15H25NO2. The molecule has 3 heteroatoms. The van der Waals surface area contributed by atoms with Crippen LogP contribution in [-0.2, 0) is 0 Å². The predicted octanol–water partition coefficient (Wildman–Crippen LogP) is 3.24. The van der Waals surface area contributed by atoms with Gasteiger partial charge in [-0.15, -0.1) is 0 Å². The van der Waals surface area contributed by atoms with Gasteiger partial charge in [-0.05, 0) is 50.2 Å². The van der Waals surface area contributed by atoms with Gasteiger partial charge < -0.3 is 14.8 Å². The van der Waals surface area contributed by atoms with Gasteiger partial charge in [-0.1, -0.05) is 19.8 Å². The van der Waals surface area contributed by atoms with Crippen LogP contribution in [0.2, 0.25) is 0 Å². The van der Waals surface area contributed by atoms with E-state index in [0.29, 0.717) is 0 Å². The highest BCUT2D eigenvalue weighted by molar-refractivity contribution is 5.31. The summed E-state index contributed by atoms with van der Waals surface area (Å²) >= 11 is 0. The van der Waals surface area contributed by atoms with Gasteiger partial charge in [0.2, 0.25) is 0 Å². The Labute approximate surface area is 110 Å². The minimum absolute atomic E-state index is 0.799. The van der Waals surface area contributed by atoms with Gasteiger partial charge in [-0.25, -0.2) is 0 Å². The fraction of sp³-hybridized carbons (Fsp3) is 0.600. The molecule has 0 bridgehead atoms. The number of unbranched alkanes of at least 4 members (excludes halogenated alkanes) is 3. The Hall–Kier alpha value is -1.22. The van der Waals surface area contributed by atoms with Crippen molar-refractivity contribution in [3.8, 4) is 11.5 Å². The first kappa shape index (κ1) is 14.8. The van der Waals surface area contributed by atoms with E-state index in [9.17, 15) is 0 Å². The van der Waals surface area contributed by atoms with E-state index < -0.39 is 0 Å². The zero-order chi connectivity index (χ0) is 13.1. The number of benzene rings is 1. The first-order valence-electron chi connectivity index (χ1n) is 6.84. The van der Waals surface area contributed by atoms with Crippen LogP contribution in [0.4, 0.5) is 0 Å². The van der Waals surface area contributed by atoms with Crippen molar-refractivity contribution in [2.75, 3.05) is 26.8 Å². The Bertz CT molecular complexity index is 298. The van der Waals surface area contributed by atoms with Crippen molar-refractivity contribution in [2.24, 2.45) is 0 Å². The second-order valence-electron chi connectivity index (χ2n) is 4.29. The minimum atomic E-state index is 0.799. The second kappa shape index (κ2) is 9.77. The topological polar surface area (TPSA) is 30.5 Å². The first-order valence-corrected chi connectivity index (χ1v) is 6.84. The lowest BCUT2D eigenvalue weighted by Gasteiger charge is -2.07. The van der Waals surface area contributed by atoms with Crippen LogP contribution in [0.1, 0.15) is 32.6 Å². The number of hydrogen-bond acceptors (Lipinski definition) is 3. The molecule has 1 N–H and O–H groups in total. The van der Waals surface area contributed by atoms with Gasteiger partial charge in [-0.2, -0.15) is 0 Å². The Kier molecular flexibility index (Phi) is 8.06. The third kappa shape index (κ3) is 6.50. The van der Waals surface area contributed by atoms with E-state index in [1.54, 1.807) is 7.11 Å². The number of hydrogen-bond donors (Lipinski definition) is 1. The minimum Gasteiger partial charge on any atom is -0.497 e. The van der Waals surface area contributed by atoms with Crippen molar-refractivity contribution in [3.05, 3.63) is 24.3 Å². The lowest BCUT2D eigenvalue weighted by molar-refractivity contribution is 0.304. The number of rotatable bonds is 10. The van der Waals surface area contributed by atoms with E-state index >= 15 is 0 Å². The van der Waals surface area contributed by atoms with Crippen LogP contribution in [0.25, 0.3) is 0 Å². The zero-order valence-electron chi connectivity index (χ0n) is 11.6. The number of nitrogens with one attached hydrogen (secondary N) is 1. The molecule has 0 spiro atoms. The summed E-state index contributed by atoms with van der Waals surface area (Å²) in [4.78, 5) is 0. The lowest BCUT2D eigenvalue weighted by Crippen LogP contribution is -2.13. The Balaban J connectivity index is 2.00. The molecule has 0 radical (unpaired) electrons. The number of ether oxygens (including phenoxy) is 2. The fourth-order valence-corrected chi connectivity index (χ4v) is 1.74. The molecule has 0 saturated carbocycles. The van der Waals surface area contributed by atoms with Crippen molar-refractivity contribution in [3.63, 3.8) is 0 Å². The molecule has 0 atom stereocenters. The maximum Gasteiger partial charge on any atom is 0.119 e. The molecule has 0 aromatic heterocycles. The molecule has 0 amide bonds. The maximum absolute atomic E-state index is 5.66. The quantitative estimate of drug-likeness (QED) is 0.648. The van der Waals surface area contributed by atoms with Gasteiger partial charge in [0.1, 0.15) is 11.5 Å². The monoisotopic (exact) mass is 251 g/mol. The van der Waals surface area contributed by atoms with Crippen molar-refractivity contribution in [1.82, 2.24) is 5.32 Å². The Morgan fingerprint density at radius 3 is 2.28 bits per heavy atom. The van der Waals surface area contributed by atoms with Crippen molar-refractivity contribution in [2.45, 2.75) is 32.6 Å². The molecule has 3 nitrogen and oxygen atoms in total. The smallest absolute Gasteiger partial charge is 0.119 e. The average Bonchev–Trinajstić information content (AvgIpc) is 2.42. The normalized spacial score (nSPS) is 10.3. The van der Waals surface area contributed by atoms with Crippen LogP contribution in [0.3, 0.4) is 0 Å². The summed E-state index contributed by atoms with van der Waals surface area (Å²) in [6, 6.07) is 7.74. The summed E-state index contributed by atoms with van der Waals surface area (Å²) in [5.74, 6) is 1.79. The highest BCUT2D eigenvalue weighted by atomic mass is 16.5. The Morgan fingerprint density at radius 2 is 1.61 bits per heavy atom. The van der Waals surface area contributed by atoms with Gasteiger partial charge in [-0.3, -0.25) is 0 Å². The molecule has 1 aromatic rings. The van der Waals surface area contributed by atoms with Crippen LogP contribution < -0.4 is 14.8 Å². The van der Waals surface area contributed by atoms with E-state index in [2.05, 4.69) is 12.2 Å². The lowest BCUT2D eigenvalue weighted by atomic mass is 10.2. The second-order valence-corrected chi connectivity index (χ2v) is 4.29. The summed E-state index contributed by atoms with van der Waals surface area (Å²) < 4.78 is 10.8. The molecule has 0 saturated heterocycles. The molecule has 1 rings (SSSR count). The van der Waals surface area contributed by atoms with Gasteiger partial charge in [0.25, 0.3) is 0 Å². The summed E-state index contributed by atoms with van der Waals surface area (Å²) in [5.41, 5.74) is 0. The van der Waals surface area contributed by atoms with Gasteiger partial charge >= 0.3 is 0 Å². The standard InChI is InChI=1S/C15H25NO2/c1-3-16-12-6-4-5-7-13-18-15-10-8-14(17-2)9-11-15/h8-11,16H,3-7,12-13H2,1-2H3. The summed E-state index contributed by atoms with van der Waals surface area (Å²) in [6.07, 6.45) is 4.90. The van der Waals surface area contributed by atoms with E-state index in [0.717, 1.165) is 37.6 Å². The van der Waals surface area contributed by atoms with Gasteiger partial charge in [0.15, 0.2) is 0 Å². The fourth-order valence-electron chi connectivity index (χ4n) is 1.74. The van der Waals surface area contributed by atoms with Crippen LogP contribution in [0.15, 0.2) is 24.3 Å². The van der Waals surface area contributed by atoms with Gasteiger partial charge in [0, 0.05) is 0 Å². The predicted molar refractivity (Wildman–Crippen MR) is 75.5 cm³/mol. The molecule has 1 aromatic carbocycles. The molecule has 0 aliphatic heterocycles. The van der Waals surface area contributed by atoms with E-state index in [-0.39, 0.29) is 0 Å². The molecule has 18 heavy (non-hydrogen) atoms. The third-order valence-electron chi connectivity index (χ3n) is 2.83. The van der Waals surface area contributed by atoms with Crippen molar-refractivity contribution >= 4 is 0 Å². The van der Waals surface area contributed by atoms with Gasteiger partial charge in [0.05, 0.1) is 13.7 Å². The van der Waals surface area contributed by atoms with Crippen LogP contribution in [0.5, 0.6) is 11.5 Å². The molecule has 0 aliphatic carbocycles. The highest BCUT2D eigenvalue weighted by Crippen LogP contribution is 2.17. The van der Waals surface area contributed by atoms with E-state index in [1.165, 1.54) is 19.3 Å². The third-order valence-corrected chi connectivity index (χ3v) is 2.83. The molecule has 0 heterocycles. The molecular weight excluding hydrogens is 226 g/mol. The maximum atomic E-state index is 5.66. The SMILES string of the molecule is CCNCCCCCCOc1ccc(OC)cc1. The molecule has 0 aliphatic rings. The highest BCUT2D eigenvalue weighted by Gasteiger charge is 1.95. The molecule has 102 valence electrons. The molecule has 0 unspecified atom stereocenters. The van der Waals surface area contributed by atoms with E-state index in [1.807, 2.05) is 24.3 Å². The summed E-state index contributed by atoms with van der Waals surface area (Å²) in [5, 5.41) is 3.33. The number of methoxy groups -OCH3 is 1.